The first-order valence-corrected chi connectivity index (χ1v) is 10.2. The van der Waals surface area contributed by atoms with Crippen LogP contribution in [0.4, 0.5) is 8.78 Å². The van der Waals surface area contributed by atoms with E-state index in [-0.39, 0.29) is 30.0 Å². The summed E-state index contributed by atoms with van der Waals surface area (Å²) in [5.74, 6) is -1.70. The van der Waals surface area contributed by atoms with Gasteiger partial charge < -0.3 is 15.7 Å². The van der Waals surface area contributed by atoms with Gasteiger partial charge in [0.25, 0.3) is 0 Å². The van der Waals surface area contributed by atoms with Crippen LogP contribution in [0.25, 0.3) is 0 Å². The highest BCUT2D eigenvalue weighted by molar-refractivity contribution is 5.73. The maximum atomic E-state index is 13.5. The number of carbonyl (C=O) groups is 1. The lowest BCUT2D eigenvalue weighted by Crippen LogP contribution is -2.49. The summed E-state index contributed by atoms with van der Waals surface area (Å²) in [6, 6.07) is 4.51. The van der Waals surface area contributed by atoms with E-state index in [4.69, 9.17) is 5.10 Å². The van der Waals surface area contributed by atoms with Crippen LogP contribution in [0.2, 0.25) is 0 Å². The zero-order valence-corrected chi connectivity index (χ0v) is 17.9. The molecule has 2 aromatic rings. The maximum Gasteiger partial charge on any atom is 0.217 e. The Labute approximate surface area is 175 Å². The summed E-state index contributed by atoms with van der Waals surface area (Å²) < 4.78 is 28.9. The van der Waals surface area contributed by atoms with Crippen LogP contribution in [0.1, 0.15) is 51.8 Å². The molecule has 0 bridgehead atoms. The van der Waals surface area contributed by atoms with E-state index in [2.05, 4.69) is 31.4 Å². The smallest absolute Gasteiger partial charge is 0.217 e. The van der Waals surface area contributed by atoms with Gasteiger partial charge in [-0.1, -0.05) is 0 Å². The van der Waals surface area contributed by atoms with Crippen molar-refractivity contribution in [2.45, 2.75) is 70.2 Å². The molecule has 6 nitrogen and oxygen atoms in total. The van der Waals surface area contributed by atoms with Crippen molar-refractivity contribution in [1.29, 1.82) is 0 Å². The summed E-state index contributed by atoms with van der Waals surface area (Å²) in [5, 5.41) is 21.5. The van der Waals surface area contributed by atoms with Gasteiger partial charge in [0.05, 0.1) is 28.9 Å². The van der Waals surface area contributed by atoms with E-state index < -0.39 is 23.8 Å². The normalized spacial score (nSPS) is 17.4. The minimum atomic E-state index is -0.942. The number of benzene rings is 1. The third kappa shape index (κ3) is 5.43. The van der Waals surface area contributed by atoms with Gasteiger partial charge in [0, 0.05) is 25.7 Å². The number of aromatic nitrogens is 2. The molecule has 0 spiro atoms. The molecule has 164 valence electrons. The highest BCUT2D eigenvalue weighted by Gasteiger charge is 2.46. The van der Waals surface area contributed by atoms with Crippen LogP contribution in [0.15, 0.2) is 30.5 Å². The van der Waals surface area contributed by atoms with Crippen molar-refractivity contribution in [3.63, 3.8) is 0 Å². The van der Waals surface area contributed by atoms with Gasteiger partial charge in [-0.05, 0) is 63.8 Å². The molecule has 1 aromatic carbocycles. The second-order valence-corrected chi connectivity index (χ2v) is 9.14. The number of amides is 1. The van der Waals surface area contributed by atoms with Gasteiger partial charge in [-0.15, -0.1) is 0 Å². The molecule has 3 N–H and O–H groups in total. The van der Waals surface area contributed by atoms with Crippen molar-refractivity contribution in [2.75, 3.05) is 6.54 Å². The second-order valence-electron chi connectivity index (χ2n) is 9.14. The van der Waals surface area contributed by atoms with Crippen molar-refractivity contribution >= 4 is 5.91 Å². The van der Waals surface area contributed by atoms with Crippen molar-refractivity contribution in [3.05, 3.63) is 53.4 Å². The van der Waals surface area contributed by atoms with E-state index in [9.17, 15) is 18.7 Å². The SMILES string of the molecule is CC(=O)NC(Cc1cc(F)cc(F)c1)C(O)CNC1(c2ccn(C(C)(C)C)n2)CC1. The van der Waals surface area contributed by atoms with Gasteiger partial charge in [0.1, 0.15) is 11.6 Å². The average Bonchev–Trinajstić information content (AvgIpc) is 3.22. The van der Waals surface area contributed by atoms with E-state index in [0.717, 1.165) is 24.6 Å². The lowest BCUT2D eigenvalue weighted by molar-refractivity contribution is -0.120. The molecule has 1 amide bonds. The molecule has 1 heterocycles. The number of hydrogen-bond donors (Lipinski definition) is 3. The average molecular weight is 421 g/mol. The number of halogens is 2. The molecule has 3 rings (SSSR count). The van der Waals surface area contributed by atoms with E-state index in [0.29, 0.717) is 5.56 Å². The lowest BCUT2D eigenvalue weighted by Gasteiger charge is -2.26. The maximum absolute atomic E-state index is 13.5. The first-order valence-electron chi connectivity index (χ1n) is 10.2. The fraction of sp³-hybridized carbons (Fsp3) is 0.545. The largest absolute Gasteiger partial charge is 0.390 e. The van der Waals surface area contributed by atoms with Gasteiger partial charge in [0.2, 0.25) is 5.91 Å². The molecule has 1 aliphatic carbocycles. The van der Waals surface area contributed by atoms with E-state index in [1.165, 1.54) is 19.1 Å². The van der Waals surface area contributed by atoms with Gasteiger partial charge in [0.15, 0.2) is 0 Å². The monoisotopic (exact) mass is 420 g/mol. The quantitative estimate of drug-likeness (QED) is 0.613. The molecular weight excluding hydrogens is 390 g/mol. The zero-order chi connectivity index (χ0) is 22.1. The Kier molecular flexibility index (Phi) is 6.29. The van der Waals surface area contributed by atoms with Crippen LogP contribution in [-0.2, 0) is 22.3 Å². The van der Waals surface area contributed by atoms with Crippen LogP contribution < -0.4 is 10.6 Å². The summed E-state index contributed by atoms with van der Waals surface area (Å²) in [7, 11) is 0. The summed E-state index contributed by atoms with van der Waals surface area (Å²) >= 11 is 0. The molecular formula is C22H30F2N4O2. The first-order chi connectivity index (χ1) is 14.0. The predicted octanol–water partition coefficient (Wildman–Crippen LogP) is 2.60. The molecule has 1 saturated carbocycles. The number of carbonyl (C=O) groups excluding carboxylic acids is 1. The van der Waals surface area contributed by atoms with Gasteiger partial charge in [-0.3, -0.25) is 9.48 Å². The third-order valence-corrected chi connectivity index (χ3v) is 5.40. The number of hydrogen-bond acceptors (Lipinski definition) is 4. The standard InChI is InChI=1S/C22H30F2N4O2/c1-14(29)26-18(11-15-9-16(23)12-17(24)10-15)19(30)13-25-22(6-7-22)20-5-8-28(27-20)21(2,3)4/h5,8-10,12,18-19,25,30H,6-7,11,13H2,1-4H3,(H,26,29). The van der Waals surface area contributed by atoms with Gasteiger partial charge in [-0.2, -0.15) is 5.10 Å². The van der Waals surface area contributed by atoms with Gasteiger partial charge >= 0.3 is 0 Å². The Hall–Kier alpha value is -2.32. The Balaban J connectivity index is 1.67. The van der Waals surface area contributed by atoms with Crippen LogP contribution in [0, 0.1) is 11.6 Å². The molecule has 1 aliphatic rings. The molecule has 8 heteroatoms. The number of nitrogens with one attached hydrogen (secondary N) is 2. The molecule has 30 heavy (non-hydrogen) atoms. The summed E-state index contributed by atoms with van der Waals surface area (Å²) in [6.45, 7) is 7.79. The highest BCUT2D eigenvalue weighted by atomic mass is 19.1. The molecule has 0 saturated heterocycles. The van der Waals surface area contributed by atoms with Crippen LogP contribution in [0.3, 0.4) is 0 Å². The van der Waals surface area contributed by atoms with Crippen molar-refractivity contribution in [2.24, 2.45) is 0 Å². The molecule has 2 unspecified atom stereocenters. The zero-order valence-electron chi connectivity index (χ0n) is 17.9. The molecule has 2 atom stereocenters. The first kappa shape index (κ1) is 22.4. The van der Waals surface area contributed by atoms with Crippen LogP contribution in [-0.4, -0.2) is 39.5 Å². The minimum Gasteiger partial charge on any atom is -0.390 e. The number of rotatable bonds is 8. The highest BCUT2D eigenvalue weighted by Crippen LogP contribution is 2.44. The molecule has 0 aliphatic heterocycles. The minimum absolute atomic E-state index is 0.114. The van der Waals surface area contributed by atoms with Crippen LogP contribution in [0.5, 0.6) is 0 Å². The Morgan fingerprint density at radius 2 is 1.90 bits per heavy atom. The van der Waals surface area contributed by atoms with E-state index >= 15 is 0 Å². The molecule has 1 fully saturated rings. The third-order valence-electron chi connectivity index (χ3n) is 5.40. The van der Waals surface area contributed by atoms with Crippen LogP contribution >= 0.6 is 0 Å². The van der Waals surface area contributed by atoms with E-state index in [1.54, 1.807) is 0 Å². The fourth-order valence-corrected chi connectivity index (χ4v) is 3.57. The lowest BCUT2D eigenvalue weighted by atomic mass is 10.00. The number of nitrogens with zero attached hydrogens (tertiary/aromatic N) is 2. The number of aliphatic hydroxyl groups excluding tert-OH is 1. The second kappa shape index (κ2) is 8.43. The summed E-state index contributed by atoms with van der Waals surface area (Å²) in [6.07, 6.45) is 2.93. The van der Waals surface area contributed by atoms with Crippen molar-refractivity contribution in [1.82, 2.24) is 20.4 Å². The topological polar surface area (TPSA) is 79.2 Å². The molecule has 1 aromatic heterocycles. The summed E-state index contributed by atoms with van der Waals surface area (Å²) in [4.78, 5) is 11.6. The van der Waals surface area contributed by atoms with Crippen molar-refractivity contribution < 1.29 is 18.7 Å². The Bertz CT molecular complexity index is 883. The Morgan fingerprint density at radius 1 is 1.27 bits per heavy atom. The molecule has 0 radical (unpaired) electrons. The van der Waals surface area contributed by atoms with E-state index in [1.807, 2.05) is 16.9 Å². The predicted molar refractivity (Wildman–Crippen MR) is 110 cm³/mol. The number of aliphatic hydroxyl groups is 1. The Morgan fingerprint density at radius 3 is 2.40 bits per heavy atom. The van der Waals surface area contributed by atoms with Gasteiger partial charge in [-0.25, -0.2) is 8.78 Å². The fourth-order valence-electron chi connectivity index (χ4n) is 3.57. The van der Waals surface area contributed by atoms with Crippen molar-refractivity contribution in [3.8, 4) is 0 Å². The summed E-state index contributed by atoms with van der Waals surface area (Å²) in [5.41, 5.74) is 0.886.